The number of fused-ring (bicyclic) bond motifs is 1. The highest BCUT2D eigenvalue weighted by Crippen LogP contribution is 2.37. The molecular formula is C31H32N6O4. The van der Waals surface area contributed by atoms with E-state index in [1.807, 2.05) is 48.0 Å². The van der Waals surface area contributed by atoms with Crippen molar-refractivity contribution >= 4 is 28.6 Å². The summed E-state index contributed by atoms with van der Waals surface area (Å²) in [5.74, 6) is 4.03. The Labute approximate surface area is 238 Å². The number of methoxy groups -OCH3 is 2. The fourth-order valence-electron chi connectivity index (χ4n) is 4.54. The van der Waals surface area contributed by atoms with Gasteiger partial charge in [0.2, 0.25) is 0 Å². The quantitative estimate of drug-likeness (QED) is 0.229. The Morgan fingerprint density at radius 3 is 2.27 bits per heavy atom. The number of rotatable bonds is 7. The summed E-state index contributed by atoms with van der Waals surface area (Å²) in [6, 6.07) is 18.1. The van der Waals surface area contributed by atoms with E-state index in [0.29, 0.717) is 45.8 Å². The van der Waals surface area contributed by atoms with Gasteiger partial charge in [0.05, 0.1) is 25.9 Å². The van der Waals surface area contributed by atoms with Crippen LogP contribution in [-0.4, -0.2) is 39.8 Å². The summed E-state index contributed by atoms with van der Waals surface area (Å²) in [5, 5.41) is 6.51. The highest BCUT2D eigenvalue weighted by Gasteiger charge is 2.26. The number of nitrogens with zero attached hydrogens (tertiary/aromatic N) is 4. The summed E-state index contributed by atoms with van der Waals surface area (Å²) < 4.78 is 18.8. The maximum atomic E-state index is 13.0. The first-order chi connectivity index (χ1) is 19.7. The average Bonchev–Trinajstić information content (AvgIpc) is 3.30. The molecule has 0 fully saturated rings. The first kappa shape index (κ1) is 27.4. The zero-order valence-electron chi connectivity index (χ0n) is 23.9. The number of anilines is 2. The molecule has 3 aromatic heterocycles. The zero-order valence-corrected chi connectivity index (χ0v) is 23.9. The lowest BCUT2D eigenvalue weighted by molar-refractivity contribution is 0.262. The third-order valence-corrected chi connectivity index (χ3v) is 6.46. The highest BCUT2D eigenvalue weighted by molar-refractivity contribution is 6.00. The van der Waals surface area contributed by atoms with Gasteiger partial charge < -0.3 is 18.8 Å². The molecule has 2 amide bonds. The van der Waals surface area contributed by atoms with Gasteiger partial charge in [-0.15, -0.1) is 0 Å². The summed E-state index contributed by atoms with van der Waals surface area (Å²) in [5.41, 5.74) is 2.09. The molecule has 210 valence electrons. The van der Waals surface area contributed by atoms with Crippen molar-refractivity contribution in [1.29, 1.82) is 0 Å². The Morgan fingerprint density at radius 2 is 1.61 bits per heavy atom. The van der Waals surface area contributed by atoms with E-state index in [9.17, 15) is 4.79 Å². The largest absolute Gasteiger partial charge is 0.493 e. The Kier molecular flexibility index (Phi) is 7.47. The molecule has 0 bridgehead atoms. The topological polar surface area (TPSA) is 112 Å². The third kappa shape index (κ3) is 5.76. The van der Waals surface area contributed by atoms with Gasteiger partial charge in [0.1, 0.15) is 34.7 Å². The lowest BCUT2D eigenvalue weighted by Crippen LogP contribution is -2.23. The summed E-state index contributed by atoms with van der Waals surface area (Å²) >= 11 is 0. The molecule has 0 unspecified atom stereocenters. The number of aromatic nitrogens is 4. The SMILES string of the molecule is COc1cc2nccc(Oc3ccc(NC(=O)Nc4c(-c5ccccc5)nc(C(C)(C)C)n4C)nc3)c2cc1OC. The minimum absolute atomic E-state index is 0.219. The maximum absolute atomic E-state index is 13.0. The summed E-state index contributed by atoms with van der Waals surface area (Å²) in [4.78, 5) is 26.7. The number of hydrogen-bond acceptors (Lipinski definition) is 7. The van der Waals surface area contributed by atoms with Gasteiger partial charge in [-0.1, -0.05) is 51.1 Å². The Balaban J connectivity index is 1.33. The molecule has 0 aliphatic carbocycles. The predicted molar refractivity (Wildman–Crippen MR) is 159 cm³/mol. The standard InChI is InChI=1S/C31H32N6O4/c1-31(2,3)29-35-27(19-10-8-7-9-11-19)28(37(29)4)36-30(38)34-26-13-12-20(18-33-26)41-23-14-15-32-22-17-25(40-6)24(39-5)16-21(22)23/h7-18H,1-6H3,(H2,33,34,36,38). The van der Waals surface area contributed by atoms with E-state index in [1.54, 1.807) is 50.9 Å². The van der Waals surface area contributed by atoms with Crippen molar-refractivity contribution in [3.63, 3.8) is 0 Å². The van der Waals surface area contributed by atoms with E-state index in [-0.39, 0.29) is 5.41 Å². The van der Waals surface area contributed by atoms with Crippen molar-refractivity contribution in [2.75, 3.05) is 24.9 Å². The van der Waals surface area contributed by atoms with Gasteiger partial charge in [-0.05, 0) is 24.3 Å². The molecule has 5 rings (SSSR count). The number of amides is 2. The van der Waals surface area contributed by atoms with Crippen molar-refractivity contribution in [3.05, 3.63) is 78.9 Å². The van der Waals surface area contributed by atoms with Crippen molar-refractivity contribution in [2.45, 2.75) is 26.2 Å². The number of ether oxygens (including phenoxy) is 3. The van der Waals surface area contributed by atoms with E-state index < -0.39 is 6.03 Å². The number of carbonyl (C=O) groups excluding carboxylic acids is 1. The number of imidazole rings is 1. The number of benzene rings is 2. The van der Waals surface area contributed by atoms with Crippen LogP contribution in [0.1, 0.15) is 26.6 Å². The number of hydrogen-bond donors (Lipinski definition) is 2. The maximum Gasteiger partial charge on any atom is 0.326 e. The Bertz CT molecular complexity index is 1690. The second kappa shape index (κ2) is 11.2. The molecule has 41 heavy (non-hydrogen) atoms. The summed E-state index contributed by atoms with van der Waals surface area (Å²) in [7, 11) is 5.05. The van der Waals surface area contributed by atoms with Crippen LogP contribution in [0.3, 0.4) is 0 Å². The molecule has 3 heterocycles. The van der Waals surface area contributed by atoms with Gasteiger partial charge in [-0.2, -0.15) is 0 Å². The van der Waals surface area contributed by atoms with Gasteiger partial charge in [-0.25, -0.2) is 14.8 Å². The molecule has 5 aromatic rings. The van der Waals surface area contributed by atoms with Crippen LogP contribution in [0.15, 0.2) is 73.1 Å². The molecule has 0 radical (unpaired) electrons. The van der Waals surface area contributed by atoms with Crippen LogP contribution < -0.4 is 24.8 Å². The van der Waals surface area contributed by atoms with Crippen LogP contribution in [0.2, 0.25) is 0 Å². The van der Waals surface area contributed by atoms with Crippen molar-refractivity contribution in [2.24, 2.45) is 7.05 Å². The molecular weight excluding hydrogens is 520 g/mol. The lowest BCUT2D eigenvalue weighted by atomic mass is 9.96. The number of nitrogens with one attached hydrogen (secondary N) is 2. The van der Waals surface area contributed by atoms with Gasteiger partial charge in [0.25, 0.3) is 0 Å². The smallest absolute Gasteiger partial charge is 0.326 e. The second-order valence-corrected chi connectivity index (χ2v) is 10.4. The number of carbonyl (C=O) groups is 1. The average molecular weight is 553 g/mol. The lowest BCUT2D eigenvalue weighted by Gasteiger charge is -2.18. The second-order valence-electron chi connectivity index (χ2n) is 10.4. The van der Waals surface area contributed by atoms with Crippen LogP contribution in [0.25, 0.3) is 22.2 Å². The van der Waals surface area contributed by atoms with Crippen LogP contribution in [-0.2, 0) is 12.5 Å². The summed E-state index contributed by atoms with van der Waals surface area (Å²) in [6.07, 6.45) is 3.20. The van der Waals surface area contributed by atoms with Crippen molar-refractivity contribution in [1.82, 2.24) is 19.5 Å². The van der Waals surface area contributed by atoms with Crippen molar-refractivity contribution in [3.8, 4) is 34.3 Å². The van der Waals surface area contributed by atoms with Crippen LogP contribution in [0.4, 0.5) is 16.4 Å². The van der Waals surface area contributed by atoms with E-state index in [1.165, 1.54) is 0 Å². The minimum Gasteiger partial charge on any atom is -0.493 e. The molecule has 0 atom stereocenters. The first-order valence-corrected chi connectivity index (χ1v) is 13.0. The Hall–Kier alpha value is -5.12. The number of urea groups is 1. The first-order valence-electron chi connectivity index (χ1n) is 13.0. The molecule has 0 spiro atoms. The normalized spacial score (nSPS) is 11.3. The fraction of sp³-hybridized carbons (Fsp3) is 0.226. The van der Waals surface area contributed by atoms with E-state index in [2.05, 4.69) is 41.4 Å². The molecule has 10 heteroatoms. The monoisotopic (exact) mass is 552 g/mol. The molecule has 0 saturated carbocycles. The molecule has 0 aliphatic heterocycles. The molecule has 2 aromatic carbocycles. The van der Waals surface area contributed by atoms with Crippen molar-refractivity contribution < 1.29 is 19.0 Å². The van der Waals surface area contributed by atoms with Gasteiger partial charge in [0.15, 0.2) is 11.5 Å². The van der Waals surface area contributed by atoms with Crippen LogP contribution >= 0.6 is 0 Å². The van der Waals surface area contributed by atoms with Crippen LogP contribution in [0, 0.1) is 0 Å². The molecule has 10 nitrogen and oxygen atoms in total. The highest BCUT2D eigenvalue weighted by atomic mass is 16.5. The van der Waals surface area contributed by atoms with Crippen LogP contribution in [0.5, 0.6) is 23.0 Å². The molecule has 0 aliphatic rings. The van der Waals surface area contributed by atoms with E-state index in [4.69, 9.17) is 19.2 Å². The molecule has 2 N–H and O–H groups in total. The fourth-order valence-corrected chi connectivity index (χ4v) is 4.54. The predicted octanol–water partition coefficient (Wildman–Crippen LogP) is 6.78. The summed E-state index contributed by atoms with van der Waals surface area (Å²) in [6.45, 7) is 6.26. The van der Waals surface area contributed by atoms with E-state index >= 15 is 0 Å². The van der Waals surface area contributed by atoms with E-state index in [0.717, 1.165) is 16.8 Å². The minimum atomic E-state index is -0.437. The molecule has 0 saturated heterocycles. The zero-order chi connectivity index (χ0) is 29.1. The van der Waals surface area contributed by atoms with Gasteiger partial charge in [0, 0.05) is 35.7 Å². The Morgan fingerprint density at radius 1 is 0.878 bits per heavy atom. The number of pyridine rings is 2. The third-order valence-electron chi connectivity index (χ3n) is 6.46. The van der Waals surface area contributed by atoms with Gasteiger partial charge >= 0.3 is 6.03 Å². The van der Waals surface area contributed by atoms with Gasteiger partial charge in [-0.3, -0.25) is 15.6 Å².